The fourth-order valence-corrected chi connectivity index (χ4v) is 2.61. The number of esters is 1. The van der Waals surface area contributed by atoms with Gasteiger partial charge in [-0.3, -0.25) is 9.69 Å². The van der Waals surface area contributed by atoms with Crippen molar-refractivity contribution in [1.82, 2.24) is 15.1 Å². The summed E-state index contributed by atoms with van der Waals surface area (Å²) in [7, 11) is 1.48. The first-order valence-corrected chi connectivity index (χ1v) is 6.53. The fourth-order valence-electron chi connectivity index (χ4n) is 2.61. The Morgan fingerprint density at radius 3 is 2.65 bits per heavy atom. The summed E-state index contributed by atoms with van der Waals surface area (Å²) >= 11 is 0. The maximum Gasteiger partial charge on any atom is 0.310 e. The number of nitrogens with zero attached hydrogens (tertiary/aromatic N) is 2. The minimum atomic E-state index is -0.0466. The van der Waals surface area contributed by atoms with E-state index in [1.165, 1.54) is 7.11 Å². The van der Waals surface area contributed by atoms with Crippen molar-refractivity contribution in [1.29, 1.82) is 0 Å². The number of carbonyl (C=O) groups is 1. The highest BCUT2D eigenvalue weighted by atomic mass is 16.5. The summed E-state index contributed by atoms with van der Waals surface area (Å²) < 4.78 is 4.79. The van der Waals surface area contributed by atoms with E-state index >= 15 is 0 Å². The third-order valence-corrected chi connectivity index (χ3v) is 3.75. The third kappa shape index (κ3) is 3.66. The van der Waals surface area contributed by atoms with Gasteiger partial charge in [0, 0.05) is 45.8 Å². The van der Waals surface area contributed by atoms with E-state index in [9.17, 15) is 4.79 Å². The van der Waals surface area contributed by atoms with Gasteiger partial charge >= 0.3 is 5.97 Å². The summed E-state index contributed by atoms with van der Waals surface area (Å²) in [6.07, 6.45) is 0.953. The fraction of sp³-hybridized carbons (Fsp3) is 0.917. The van der Waals surface area contributed by atoms with Gasteiger partial charge in [0.05, 0.1) is 13.0 Å². The Morgan fingerprint density at radius 1 is 1.24 bits per heavy atom. The highest BCUT2D eigenvalue weighted by Crippen LogP contribution is 2.17. The third-order valence-electron chi connectivity index (χ3n) is 3.75. The van der Waals surface area contributed by atoms with Crippen LogP contribution in [0.1, 0.15) is 6.42 Å². The molecule has 1 N–H and O–H groups in total. The van der Waals surface area contributed by atoms with Crippen molar-refractivity contribution in [3.8, 4) is 0 Å². The number of methoxy groups -OCH3 is 1. The normalized spacial score (nSPS) is 27.2. The van der Waals surface area contributed by atoms with Crippen molar-refractivity contribution >= 4 is 5.97 Å². The SMILES string of the molecule is COC(=O)C1CCN(CCN2CCNCC2)C1. The van der Waals surface area contributed by atoms with E-state index < -0.39 is 0 Å². The molecule has 1 unspecified atom stereocenters. The van der Waals surface area contributed by atoms with Crippen LogP contribution in [0, 0.1) is 5.92 Å². The molecule has 2 saturated heterocycles. The Balaban J connectivity index is 1.65. The molecule has 0 aromatic carbocycles. The van der Waals surface area contributed by atoms with Crippen LogP contribution in [-0.4, -0.2) is 75.2 Å². The number of piperazine rings is 1. The van der Waals surface area contributed by atoms with Gasteiger partial charge in [-0.2, -0.15) is 0 Å². The second kappa shape index (κ2) is 6.33. The summed E-state index contributed by atoms with van der Waals surface area (Å²) in [5.74, 6) is 0.0534. The molecule has 0 spiro atoms. The molecule has 0 aromatic heterocycles. The molecule has 0 amide bonds. The van der Waals surface area contributed by atoms with Gasteiger partial charge in [-0.15, -0.1) is 0 Å². The Labute approximate surface area is 103 Å². The molecule has 0 aliphatic carbocycles. The lowest BCUT2D eigenvalue weighted by Gasteiger charge is -2.29. The molecule has 0 saturated carbocycles. The Morgan fingerprint density at radius 2 is 1.94 bits per heavy atom. The zero-order valence-corrected chi connectivity index (χ0v) is 10.7. The first-order chi connectivity index (χ1) is 8.29. The molecule has 17 heavy (non-hydrogen) atoms. The smallest absolute Gasteiger partial charge is 0.310 e. The molecule has 0 radical (unpaired) electrons. The summed E-state index contributed by atoms with van der Waals surface area (Å²) in [6, 6.07) is 0. The molecule has 2 rings (SSSR count). The molecule has 2 fully saturated rings. The van der Waals surface area contributed by atoms with Gasteiger partial charge in [-0.05, 0) is 13.0 Å². The van der Waals surface area contributed by atoms with Crippen LogP contribution in [0.4, 0.5) is 0 Å². The first-order valence-electron chi connectivity index (χ1n) is 6.53. The highest BCUT2D eigenvalue weighted by Gasteiger charge is 2.28. The van der Waals surface area contributed by atoms with Gasteiger partial charge in [-0.25, -0.2) is 0 Å². The lowest BCUT2D eigenvalue weighted by molar-refractivity contribution is -0.144. The number of nitrogens with one attached hydrogen (secondary N) is 1. The molecule has 2 aliphatic heterocycles. The monoisotopic (exact) mass is 241 g/mol. The van der Waals surface area contributed by atoms with Crippen LogP contribution in [-0.2, 0) is 9.53 Å². The second-order valence-corrected chi connectivity index (χ2v) is 4.90. The Bertz CT molecular complexity index is 254. The number of hydrogen-bond donors (Lipinski definition) is 1. The molecular formula is C12H23N3O2. The number of hydrogen-bond acceptors (Lipinski definition) is 5. The summed E-state index contributed by atoms with van der Waals surface area (Å²) in [6.45, 7) is 8.60. The average Bonchev–Trinajstić information content (AvgIpc) is 2.85. The van der Waals surface area contributed by atoms with E-state index in [1.54, 1.807) is 0 Å². The van der Waals surface area contributed by atoms with Gasteiger partial charge in [-0.1, -0.05) is 0 Å². The first kappa shape index (κ1) is 12.8. The Hall–Kier alpha value is -0.650. The highest BCUT2D eigenvalue weighted by molar-refractivity contribution is 5.72. The van der Waals surface area contributed by atoms with Crippen molar-refractivity contribution in [2.24, 2.45) is 5.92 Å². The second-order valence-electron chi connectivity index (χ2n) is 4.90. The quantitative estimate of drug-likeness (QED) is 0.665. The van der Waals surface area contributed by atoms with Gasteiger partial charge < -0.3 is 15.0 Å². The molecule has 5 nitrogen and oxygen atoms in total. The standard InChI is InChI=1S/C12H23N3O2/c1-17-12(16)11-2-5-15(10-11)9-8-14-6-3-13-4-7-14/h11,13H,2-10H2,1H3. The number of likely N-dealkylation sites (tertiary alicyclic amines) is 1. The molecule has 2 heterocycles. The summed E-state index contributed by atoms with van der Waals surface area (Å²) in [4.78, 5) is 16.3. The topological polar surface area (TPSA) is 44.8 Å². The van der Waals surface area contributed by atoms with Crippen molar-refractivity contribution in [3.05, 3.63) is 0 Å². The van der Waals surface area contributed by atoms with Crippen LogP contribution in [0.5, 0.6) is 0 Å². The van der Waals surface area contributed by atoms with Crippen molar-refractivity contribution in [2.45, 2.75) is 6.42 Å². The molecular weight excluding hydrogens is 218 g/mol. The van der Waals surface area contributed by atoms with E-state index in [1.807, 2.05) is 0 Å². The van der Waals surface area contributed by atoms with Gasteiger partial charge in [0.15, 0.2) is 0 Å². The largest absolute Gasteiger partial charge is 0.469 e. The Kier molecular flexibility index (Phi) is 4.76. The van der Waals surface area contributed by atoms with Crippen LogP contribution in [0.25, 0.3) is 0 Å². The lowest BCUT2D eigenvalue weighted by atomic mass is 10.1. The van der Waals surface area contributed by atoms with E-state index in [0.717, 1.165) is 58.8 Å². The van der Waals surface area contributed by atoms with Crippen molar-refractivity contribution < 1.29 is 9.53 Å². The maximum absolute atomic E-state index is 11.4. The molecule has 1 atom stereocenters. The molecule has 0 bridgehead atoms. The van der Waals surface area contributed by atoms with E-state index in [4.69, 9.17) is 4.74 Å². The van der Waals surface area contributed by atoms with Gasteiger partial charge in [0.1, 0.15) is 0 Å². The van der Waals surface area contributed by atoms with Crippen LogP contribution >= 0.6 is 0 Å². The minimum absolute atomic E-state index is 0.0466. The summed E-state index contributed by atoms with van der Waals surface area (Å²) in [5, 5.41) is 3.36. The van der Waals surface area contributed by atoms with Crippen LogP contribution in [0.2, 0.25) is 0 Å². The number of rotatable bonds is 4. The number of carbonyl (C=O) groups excluding carboxylic acids is 1. The number of ether oxygens (including phenoxy) is 1. The van der Waals surface area contributed by atoms with Crippen molar-refractivity contribution in [3.63, 3.8) is 0 Å². The van der Waals surface area contributed by atoms with Crippen LogP contribution in [0.15, 0.2) is 0 Å². The molecule has 2 aliphatic rings. The van der Waals surface area contributed by atoms with Gasteiger partial charge in [0.25, 0.3) is 0 Å². The molecule has 98 valence electrons. The minimum Gasteiger partial charge on any atom is -0.469 e. The van der Waals surface area contributed by atoms with Gasteiger partial charge in [0.2, 0.25) is 0 Å². The predicted octanol–water partition coefficient (Wildman–Crippen LogP) is -0.613. The van der Waals surface area contributed by atoms with E-state index in [-0.39, 0.29) is 11.9 Å². The average molecular weight is 241 g/mol. The maximum atomic E-state index is 11.4. The van der Waals surface area contributed by atoms with Crippen LogP contribution in [0.3, 0.4) is 0 Å². The zero-order valence-electron chi connectivity index (χ0n) is 10.7. The zero-order chi connectivity index (χ0) is 12.1. The van der Waals surface area contributed by atoms with E-state index in [0.29, 0.717) is 0 Å². The van der Waals surface area contributed by atoms with Crippen LogP contribution < -0.4 is 5.32 Å². The molecule has 0 aromatic rings. The van der Waals surface area contributed by atoms with E-state index in [2.05, 4.69) is 15.1 Å². The summed E-state index contributed by atoms with van der Waals surface area (Å²) in [5.41, 5.74) is 0. The molecule has 5 heteroatoms. The predicted molar refractivity (Wildman–Crippen MR) is 65.9 cm³/mol. The lowest BCUT2D eigenvalue weighted by Crippen LogP contribution is -2.46. The van der Waals surface area contributed by atoms with Crippen molar-refractivity contribution in [2.75, 3.05) is 59.5 Å².